The van der Waals surface area contributed by atoms with Gasteiger partial charge in [-0.25, -0.2) is 0 Å². The lowest BCUT2D eigenvalue weighted by Gasteiger charge is -2.14. The molecule has 1 heterocycles. The summed E-state index contributed by atoms with van der Waals surface area (Å²) < 4.78 is 2.39. The predicted molar refractivity (Wildman–Crippen MR) is 90.8 cm³/mol. The van der Waals surface area contributed by atoms with E-state index in [1.54, 1.807) is 11.6 Å². The van der Waals surface area contributed by atoms with E-state index in [9.17, 15) is 14.9 Å². The Labute approximate surface area is 145 Å². The largest absolute Gasteiger partial charge is 0.319 e. The molecule has 1 N–H and O–H groups in total. The number of nitro groups is 1. The lowest BCUT2D eigenvalue weighted by atomic mass is 10.2. The molecule has 0 saturated carbocycles. The van der Waals surface area contributed by atoms with E-state index in [2.05, 4.69) is 26.3 Å². The van der Waals surface area contributed by atoms with Crippen LogP contribution in [0.2, 0.25) is 5.02 Å². The molecule has 1 aromatic heterocycles. The van der Waals surface area contributed by atoms with Crippen LogP contribution in [0.15, 0.2) is 22.7 Å². The van der Waals surface area contributed by atoms with Crippen molar-refractivity contribution in [3.8, 4) is 0 Å². The molecule has 23 heavy (non-hydrogen) atoms. The fourth-order valence-electron chi connectivity index (χ4n) is 2.13. The number of aryl methyl sites for hydroxylation is 1. The summed E-state index contributed by atoms with van der Waals surface area (Å²) in [7, 11) is 0. The summed E-state index contributed by atoms with van der Waals surface area (Å²) in [4.78, 5) is 22.9. The summed E-state index contributed by atoms with van der Waals surface area (Å²) in [5, 5.41) is 18.2. The minimum Gasteiger partial charge on any atom is -0.319 e. The van der Waals surface area contributed by atoms with Crippen LogP contribution in [-0.4, -0.2) is 20.6 Å². The maximum Gasteiger partial charge on any atom is 0.294 e. The van der Waals surface area contributed by atoms with Gasteiger partial charge in [0, 0.05) is 11.1 Å². The van der Waals surface area contributed by atoms with E-state index in [-0.39, 0.29) is 16.4 Å². The molecule has 0 aliphatic heterocycles. The van der Waals surface area contributed by atoms with Gasteiger partial charge in [-0.2, -0.15) is 5.10 Å². The zero-order valence-electron chi connectivity index (χ0n) is 12.6. The summed E-state index contributed by atoms with van der Waals surface area (Å²) >= 11 is 9.16. The monoisotopic (exact) mass is 400 g/mol. The highest BCUT2D eigenvalue weighted by Gasteiger charge is 2.23. The number of aromatic nitrogens is 2. The zero-order valence-corrected chi connectivity index (χ0v) is 15.0. The highest BCUT2D eigenvalue weighted by atomic mass is 79.9. The minimum atomic E-state index is -0.629. The third kappa shape index (κ3) is 3.53. The van der Waals surface area contributed by atoms with Crippen molar-refractivity contribution in [3.05, 3.63) is 49.2 Å². The van der Waals surface area contributed by atoms with Crippen LogP contribution in [-0.2, 0) is 4.79 Å². The number of nitrogens with one attached hydrogen (secondary N) is 1. The second-order valence-electron chi connectivity index (χ2n) is 5.01. The molecule has 9 heteroatoms. The highest BCUT2D eigenvalue weighted by Crippen LogP contribution is 2.29. The number of carbonyl (C=O) groups excluding carboxylic acids is 1. The van der Waals surface area contributed by atoms with Gasteiger partial charge in [-0.1, -0.05) is 11.6 Å². The molecule has 122 valence electrons. The predicted octanol–water partition coefficient (Wildman–Crippen LogP) is 4.02. The third-order valence-corrected chi connectivity index (χ3v) is 4.78. The Morgan fingerprint density at radius 1 is 1.48 bits per heavy atom. The summed E-state index contributed by atoms with van der Waals surface area (Å²) in [5.41, 5.74) is 1.40. The number of nitrogens with zero attached hydrogens (tertiary/aromatic N) is 3. The van der Waals surface area contributed by atoms with Crippen molar-refractivity contribution >= 4 is 44.8 Å². The smallest absolute Gasteiger partial charge is 0.294 e. The fraction of sp³-hybridized carbons (Fsp3) is 0.286. The molecular weight excluding hydrogens is 388 g/mol. The van der Waals surface area contributed by atoms with Crippen LogP contribution in [0.5, 0.6) is 0 Å². The second-order valence-corrected chi connectivity index (χ2v) is 6.24. The molecule has 0 aliphatic carbocycles. The van der Waals surface area contributed by atoms with Crippen LogP contribution in [0.3, 0.4) is 0 Å². The number of rotatable bonds is 4. The van der Waals surface area contributed by atoms with Crippen molar-refractivity contribution in [3.63, 3.8) is 0 Å². The number of halogens is 2. The molecule has 1 amide bonds. The van der Waals surface area contributed by atoms with E-state index >= 15 is 0 Å². The van der Waals surface area contributed by atoms with Gasteiger partial charge in [-0.15, -0.1) is 0 Å². The van der Waals surface area contributed by atoms with Crippen molar-refractivity contribution in [1.29, 1.82) is 0 Å². The van der Waals surface area contributed by atoms with Crippen molar-refractivity contribution in [1.82, 2.24) is 9.78 Å². The lowest BCUT2D eigenvalue weighted by molar-refractivity contribution is -0.383. The van der Waals surface area contributed by atoms with Crippen molar-refractivity contribution in [2.45, 2.75) is 26.8 Å². The van der Waals surface area contributed by atoms with Crippen LogP contribution in [0.1, 0.15) is 24.4 Å². The molecule has 1 unspecified atom stereocenters. The molecule has 1 atom stereocenters. The first kappa shape index (κ1) is 17.4. The van der Waals surface area contributed by atoms with Gasteiger partial charge < -0.3 is 5.32 Å². The standard InChI is InChI=1S/C14H14BrClN4O3/c1-7-13(15)8(2)19(18-7)9(3)14(21)17-11-5-4-10(16)6-12(11)20(22)23/h4-6,9H,1-3H3,(H,17,21). The third-order valence-electron chi connectivity index (χ3n) is 3.40. The van der Waals surface area contributed by atoms with Gasteiger partial charge in [0.25, 0.3) is 5.69 Å². The first-order valence-electron chi connectivity index (χ1n) is 6.68. The lowest BCUT2D eigenvalue weighted by Crippen LogP contribution is -2.25. The molecule has 0 bridgehead atoms. The number of benzene rings is 1. The Hall–Kier alpha value is -1.93. The first-order valence-corrected chi connectivity index (χ1v) is 7.85. The summed E-state index contributed by atoms with van der Waals surface area (Å²) in [6, 6.07) is 3.45. The molecule has 0 radical (unpaired) electrons. The quantitative estimate of drug-likeness (QED) is 0.619. The Bertz CT molecular complexity index is 791. The molecule has 0 saturated heterocycles. The van der Waals surface area contributed by atoms with E-state index in [1.165, 1.54) is 18.2 Å². The molecule has 7 nitrogen and oxygen atoms in total. The van der Waals surface area contributed by atoms with Gasteiger partial charge in [-0.3, -0.25) is 19.6 Å². The topological polar surface area (TPSA) is 90.1 Å². The van der Waals surface area contributed by atoms with Crippen LogP contribution >= 0.6 is 27.5 Å². The van der Waals surface area contributed by atoms with Crippen LogP contribution in [0, 0.1) is 24.0 Å². The van der Waals surface area contributed by atoms with Gasteiger partial charge in [-0.05, 0) is 48.8 Å². The number of hydrogen-bond acceptors (Lipinski definition) is 4. The zero-order chi connectivity index (χ0) is 17.3. The van der Waals surface area contributed by atoms with Gasteiger partial charge in [0.1, 0.15) is 11.7 Å². The van der Waals surface area contributed by atoms with Crippen molar-refractivity contribution < 1.29 is 9.72 Å². The fourth-order valence-corrected chi connectivity index (χ4v) is 2.56. The molecule has 0 fully saturated rings. The van der Waals surface area contributed by atoms with Crippen molar-refractivity contribution in [2.75, 3.05) is 5.32 Å². The Morgan fingerprint density at radius 2 is 2.13 bits per heavy atom. The summed E-state index contributed by atoms with van der Waals surface area (Å²) in [6.45, 7) is 5.32. The normalized spacial score (nSPS) is 12.0. The number of amides is 1. The summed E-state index contributed by atoms with van der Waals surface area (Å²) in [6.07, 6.45) is 0. The molecular formula is C14H14BrClN4O3. The molecule has 2 rings (SSSR count). The molecule has 0 aliphatic rings. The SMILES string of the molecule is Cc1nn(C(C)C(=O)Nc2ccc(Cl)cc2[N+](=O)[O-])c(C)c1Br. The van der Waals surface area contributed by atoms with Gasteiger partial charge >= 0.3 is 0 Å². The van der Waals surface area contributed by atoms with Gasteiger partial charge in [0.15, 0.2) is 0 Å². The van der Waals surface area contributed by atoms with Gasteiger partial charge in [0.2, 0.25) is 5.91 Å². The molecule has 0 spiro atoms. The number of carbonyl (C=O) groups is 1. The molecule has 2 aromatic rings. The van der Waals surface area contributed by atoms with E-state index in [0.717, 1.165) is 15.9 Å². The minimum absolute atomic E-state index is 0.0943. The summed E-state index contributed by atoms with van der Waals surface area (Å²) in [5.74, 6) is -0.409. The average molecular weight is 402 g/mol. The average Bonchev–Trinajstić information content (AvgIpc) is 2.75. The van der Waals surface area contributed by atoms with Crippen molar-refractivity contribution in [2.24, 2.45) is 0 Å². The van der Waals surface area contributed by atoms with E-state index in [0.29, 0.717) is 0 Å². The Kier molecular flexibility index (Phi) is 5.06. The Morgan fingerprint density at radius 3 is 2.65 bits per heavy atom. The van der Waals surface area contributed by atoms with E-state index in [1.807, 2.05) is 13.8 Å². The van der Waals surface area contributed by atoms with E-state index < -0.39 is 16.9 Å². The van der Waals surface area contributed by atoms with Crippen LogP contribution in [0.25, 0.3) is 0 Å². The van der Waals surface area contributed by atoms with E-state index in [4.69, 9.17) is 11.6 Å². The Balaban J connectivity index is 2.28. The first-order chi connectivity index (χ1) is 10.7. The second kappa shape index (κ2) is 6.67. The highest BCUT2D eigenvalue weighted by molar-refractivity contribution is 9.10. The van der Waals surface area contributed by atoms with Gasteiger partial charge in [0.05, 0.1) is 20.8 Å². The number of anilines is 1. The van der Waals surface area contributed by atoms with Crippen LogP contribution < -0.4 is 5.32 Å². The number of hydrogen-bond donors (Lipinski definition) is 1. The number of nitro benzene ring substituents is 1. The van der Waals surface area contributed by atoms with Crippen LogP contribution in [0.4, 0.5) is 11.4 Å². The maximum absolute atomic E-state index is 12.4. The molecule has 1 aromatic carbocycles. The maximum atomic E-state index is 12.4.